The summed E-state index contributed by atoms with van der Waals surface area (Å²) in [7, 11) is 0. The van der Waals surface area contributed by atoms with Gasteiger partial charge in [-0.15, -0.1) is 0 Å². The first kappa shape index (κ1) is 23.9. The van der Waals surface area contributed by atoms with Crippen molar-refractivity contribution in [2.45, 2.75) is 50.9 Å². The fourth-order valence-corrected chi connectivity index (χ4v) is 4.41. The Kier molecular flexibility index (Phi) is 7.29. The van der Waals surface area contributed by atoms with E-state index in [2.05, 4.69) is 16.0 Å². The van der Waals surface area contributed by atoms with E-state index in [0.29, 0.717) is 32.5 Å². The normalized spacial score (nSPS) is 19.4. The number of halogens is 3. The molecule has 2 aromatic rings. The molecule has 1 atom stereocenters. The van der Waals surface area contributed by atoms with Gasteiger partial charge >= 0.3 is 6.18 Å². The average Bonchev–Trinajstić information content (AvgIpc) is 2.83. The van der Waals surface area contributed by atoms with Crippen LogP contribution < -0.4 is 20.9 Å². The second kappa shape index (κ2) is 10.4. The van der Waals surface area contributed by atoms with Crippen molar-refractivity contribution in [2.75, 3.05) is 23.3 Å². The molecule has 2 aliphatic rings. The summed E-state index contributed by atoms with van der Waals surface area (Å²) in [4.78, 5) is 25.7. The molecule has 2 aromatic carbocycles. The quantitative estimate of drug-likeness (QED) is 0.577. The topological polar surface area (TPSA) is 73.5 Å². The van der Waals surface area contributed by atoms with Gasteiger partial charge in [0.15, 0.2) is 0 Å². The van der Waals surface area contributed by atoms with Crippen molar-refractivity contribution in [1.29, 1.82) is 0 Å². The third-order valence-corrected chi connectivity index (χ3v) is 6.45. The van der Waals surface area contributed by atoms with Crippen molar-refractivity contribution in [3.8, 4) is 0 Å². The zero-order valence-corrected chi connectivity index (χ0v) is 18.8. The zero-order valence-electron chi connectivity index (χ0n) is 18.8. The van der Waals surface area contributed by atoms with Crippen molar-refractivity contribution in [1.82, 2.24) is 10.6 Å². The number of piperidine rings is 2. The van der Waals surface area contributed by atoms with Crippen molar-refractivity contribution in [2.24, 2.45) is 5.92 Å². The van der Waals surface area contributed by atoms with Gasteiger partial charge in [0, 0.05) is 43.1 Å². The number of benzene rings is 2. The number of nitrogens with one attached hydrogen (secondary N) is 3. The summed E-state index contributed by atoms with van der Waals surface area (Å²) in [6, 6.07) is 14.9. The van der Waals surface area contributed by atoms with Crippen LogP contribution in [0.4, 0.5) is 30.2 Å². The van der Waals surface area contributed by atoms with Crippen LogP contribution in [-0.2, 0) is 16.1 Å². The molecule has 4 rings (SSSR count). The van der Waals surface area contributed by atoms with Gasteiger partial charge < -0.3 is 20.9 Å². The number of nitrogens with zero attached hydrogens (tertiary/aromatic N) is 1. The number of carbonyl (C=O) groups is 2. The molecule has 3 N–H and O–H groups in total. The molecule has 1 unspecified atom stereocenters. The lowest BCUT2D eigenvalue weighted by Crippen LogP contribution is -2.48. The van der Waals surface area contributed by atoms with E-state index in [1.54, 1.807) is 0 Å². The Morgan fingerprint density at radius 1 is 0.971 bits per heavy atom. The number of carbonyl (C=O) groups excluding carboxylic acids is 2. The van der Waals surface area contributed by atoms with Crippen LogP contribution >= 0.6 is 0 Å². The molecule has 182 valence electrons. The molecule has 2 saturated heterocycles. The van der Waals surface area contributed by atoms with Crippen LogP contribution in [0, 0.1) is 5.92 Å². The first-order valence-corrected chi connectivity index (χ1v) is 11.6. The van der Waals surface area contributed by atoms with Crippen LogP contribution in [0.3, 0.4) is 0 Å². The van der Waals surface area contributed by atoms with E-state index in [1.807, 2.05) is 53.4 Å². The monoisotopic (exact) mass is 474 g/mol. The smallest absolute Gasteiger partial charge is 0.372 e. The van der Waals surface area contributed by atoms with Crippen LogP contribution in [-0.4, -0.2) is 37.1 Å². The highest BCUT2D eigenvalue weighted by Crippen LogP contribution is 2.35. The molecule has 0 aliphatic carbocycles. The Hall–Kier alpha value is -3.23. The fourth-order valence-electron chi connectivity index (χ4n) is 4.41. The predicted octanol–water partition coefficient (Wildman–Crippen LogP) is 4.49. The van der Waals surface area contributed by atoms with E-state index in [9.17, 15) is 22.8 Å². The molecule has 0 bridgehead atoms. The Labute approximate surface area is 196 Å². The summed E-state index contributed by atoms with van der Waals surface area (Å²) in [6.45, 7) is 1.19. The van der Waals surface area contributed by atoms with Gasteiger partial charge in [-0.1, -0.05) is 12.1 Å². The maximum atomic E-state index is 12.9. The zero-order chi connectivity index (χ0) is 24.1. The van der Waals surface area contributed by atoms with Crippen molar-refractivity contribution in [3.63, 3.8) is 0 Å². The van der Waals surface area contributed by atoms with Crippen molar-refractivity contribution in [3.05, 3.63) is 54.1 Å². The van der Waals surface area contributed by atoms with Crippen molar-refractivity contribution >= 4 is 28.9 Å². The highest BCUT2D eigenvalue weighted by atomic mass is 19.4. The Morgan fingerprint density at radius 2 is 1.59 bits per heavy atom. The number of hydrogen-bond donors (Lipinski definition) is 3. The van der Waals surface area contributed by atoms with Gasteiger partial charge in [-0.25, -0.2) is 0 Å². The third-order valence-electron chi connectivity index (χ3n) is 6.45. The van der Waals surface area contributed by atoms with Crippen LogP contribution in [0.5, 0.6) is 0 Å². The van der Waals surface area contributed by atoms with Gasteiger partial charge in [-0.2, -0.15) is 13.2 Å². The summed E-state index contributed by atoms with van der Waals surface area (Å²) in [6.07, 6.45) is -1.99. The number of rotatable bonds is 6. The van der Waals surface area contributed by atoms with Gasteiger partial charge in [0.05, 0.1) is 5.92 Å². The third kappa shape index (κ3) is 6.21. The second-order valence-corrected chi connectivity index (χ2v) is 8.90. The molecule has 2 aliphatic heterocycles. The highest BCUT2D eigenvalue weighted by Gasteiger charge is 2.41. The van der Waals surface area contributed by atoms with E-state index < -0.39 is 18.1 Å². The number of amides is 2. The van der Waals surface area contributed by atoms with E-state index in [0.717, 1.165) is 29.0 Å². The molecule has 6 nitrogen and oxygen atoms in total. The lowest BCUT2D eigenvalue weighted by molar-refractivity contribution is -0.179. The molecule has 0 radical (unpaired) electrons. The molecular formula is C25H29F3N4O2. The maximum absolute atomic E-state index is 12.9. The van der Waals surface area contributed by atoms with E-state index in [4.69, 9.17) is 0 Å². The molecule has 2 fully saturated rings. The molecule has 0 aromatic heterocycles. The average molecular weight is 475 g/mol. The molecular weight excluding hydrogens is 445 g/mol. The van der Waals surface area contributed by atoms with Gasteiger partial charge in [-0.3, -0.25) is 9.59 Å². The van der Waals surface area contributed by atoms with Crippen LogP contribution in [0.15, 0.2) is 48.5 Å². The Morgan fingerprint density at radius 3 is 2.18 bits per heavy atom. The second-order valence-electron chi connectivity index (χ2n) is 8.90. The van der Waals surface area contributed by atoms with E-state index in [1.165, 1.54) is 0 Å². The Balaban J connectivity index is 1.25. The lowest BCUT2D eigenvalue weighted by atomic mass is 9.96. The van der Waals surface area contributed by atoms with Crippen LogP contribution in [0.25, 0.3) is 0 Å². The van der Waals surface area contributed by atoms with Crippen LogP contribution in [0.2, 0.25) is 0 Å². The Bertz CT molecular complexity index is 985. The number of hydrogen-bond acceptors (Lipinski definition) is 4. The summed E-state index contributed by atoms with van der Waals surface area (Å²) in [5.41, 5.74) is 3.63. The molecule has 0 saturated carbocycles. The molecule has 2 heterocycles. The summed E-state index contributed by atoms with van der Waals surface area (Å²) < 4.78 is 38.6. The minimum Gasteiger partial charge on any atom is -0.372 e. The minimum atomic E-state index is -4.10. The standard InChI is InChI=1S/C25H29F3N4O2/c26-25(27,28)18-12-14-32(15-13-18)21-10-8-20(9-11-21)30-19-6-4-17(5-7-19)16-29-24(34)22-2-1-3-23(33)31-22/h4-11,18,22,30H,1-3,12-16H2,(H,29,34)(H,31,33). The van der Waals surface area contributed by atoms with Crippen molar-refractivity contribution < 1.29 is 22.8 Å². The maximum Gasteiger partial charge on any atom is 0.391 e. The fraction of sp³-hybridized carbons (Fsp3) is 0.440. The van der Waals surface area contributed by atoms with E-state index in [-0.39, 0.29) is 24.7 Å². The first-order valence-electron chi connectivity index (χ1n) is 11.6. The molecule has 2 amide bonds. The largest absolute Gasteiger partial charge is 0.391 e. The summed E-state index contributed by atoms with van der Waals surface area (Å²) in [5.74, 6) is -1.45. The lowest BCUT2D eigenvalue weighted by Gasteiger charge is -2.34. The summed E-state index contributed by atoms with van der Waals surface area (Å²) >= 11 is 0. The van der Waals surface area contributed by atoms with Gasteiger partial charge in [0.2, 0.25) is 11.8 Å². The van der Waals surface area contributed by atoms with Gasteiger partial charge in [-0.05, 0) is 67.6 Å². The predicted molar refractivity (Wildman–Crippen MR) is 125 cm³/mol. The SMILES string of the molecule is O=C1CCCC(C(=O)NCc2ccc(Nc3ccc(N4CCC(C(F)(F)F)CC4)cc3)cc2)N1. The van der Waals surface area contributed by atoms with Crippen LogP contribution in [0.1, 0.15) is 37.7 Å². The molecule has 0 spiro atoms. The highest BCUT2D eigenvalue weighted by molar-refractivity contribution is 5.88. The number of anilines is 3. The number of alkyl halides is 3. The minimum absolute atomic E-state index is 0.0825. The van der Waals surface area contributed by atoms with E-state index >= 15 is 0 Å². The molecule has 34 heavy (non-hydrogen) atoms. The molecule has 9 heteroatoms. The summed E-state index contributed by atoms with van der Waals surface area (Å²) in [5, 5.41) is 8.89. The van der Waals surface area contributed by atoms with Gasteiger partial charge in [0.1, 0.15) is 6.04 Å². The first-order chi connectivity index (χ1) is 16.3. The van der Waals surface area contributed by atoms with Gasteiger partial charge in [0.25, 0.3) is 0 Å².